The van der Waals surface area contributed by atoms with Crippen molar-refractivity contribution in [1.29, 1.82) is 0 Å². The Morgan fingerprint density at radius 3 is 2.31 bits per heavy atom. The van der Waals surface area contributed by atoms with Crippen LogP contribution in [-0.4, -0.2) is 62.4 Å². The predicted molar refractivity (Wildman–Crippen MR) is 124 cm³/mol. The van der Waals surface area contributed by atoms with Gasteiger partial charge >= 0.3 is 0 Å². The van der Waals surface area contributed by atoms with Gasteiger partial charge in [0.05, 0.1) is 28.3 Å². The van der Waals surface area contributed by atoms with Gasteiger partial charge in [-0.3, -0.25) is 0 Å². The molecule has 0 saturated carbocycles. The van der Waals surface area contributed by atoms with Gasteiger partial charge in [-0.15, -0.1) is 0 Å². The molecule has 7 heteroatoms. The van der Waals surface area contributed by atoms with Gasteiger partial charge in [-0.25, -0.2) is 0 Å². The highest BCUT2D eigenvalue weighted by Gasteiger charge is 2.13. The molecule has 0 heterocycles. The van der Waals surface area contributed by atoms with Crippen LogP contribution in [0, 0.1) is 0 Å². The molecule has 2 N–H and O–H groups in total. The fraction of sp³-hybridized carbons (Fsp3) is 0.409. The van der Waals surface area contributed by atoms with Gasteiger partial charge in [0.1, 0.15) is 13.2 Å². The molecule has 158 valence electrons. The lowest BCUT2D eigenvalue weighted by Gasteiger charge is -2.24. The summed E-state index contributed by atoms with van der Waals surface area (Å²) in [5.41, 5.74) is 8.21. The largest absolute Gasteiger partial charge is 0.493 e. The molecule has 0 saturated heterocycles. The number of hydrogen-bond acceptors (Lipinski definition) is 3. The zero-order chi connectivity index (χ0) is 21.4. The SMILES string of the molecule is COc1cc(CN(CCc2ccc(Cl)cc2)C(N)=S)ccc1OCC[N+](C)(C)C. The number of nitrogens with zero attached hydrogens (tertiary/aromatic N) is 2. The number of nitrogens with two attached hydrogens (primary N) is 1. The van der Waals surface area contributed by atoms with Crippen molar-refractivity contribution in [2.45, 2.75) is 13.0 Å². The van der Waals surface area contributed by atoms with E-state index in [-0.39, 0.29) is 0 Å². The lowest BCUT2D eigenvalue weighted by atomic mass is 10.1. The van der Waals surface area contributed by atoms with E-state index in [0.717, 1.165) is 40.3 Å². The minimum atomic E-state index is 0.376. The molecule has 0 atom stereocenters. The van der Waals surface area contributed by atoms with Gasteiger partial charge < -0.3 is 24.6 Å². The third-order valence-electron chi connectivity index (χ3n) is 4.52. The van der Waals surface area contributed by atoms with E-state index in [1.54, 1.807) is 7.11 Å². The van der Waals surface area contributed by atoms with Gasteiger partial charge in [0.2, 0.25) is 0 Å². The number of quaternary nitrogens is 1. The first-order valence-electron chi connectivity index (χ1n) is 9.57. The first-order chi connectivity index (χ1) is 13.7. The Hall–Kier alpha value is -2.02. The summed E-state index contributed by atoms with van der Waals surface area (Å²) in [7, 11) is 8.06. The summed E-state index contributed by atoms with van der Waals surface area (Å²) < 4.78 is 12.3. The molecule has 29 heavy (non-hydrogen) atoms. The van der Waals surface area contributed by atoms with Crippen molar-refractivity contribution in [3.8, 4) is 11.5 Å². The highest BCUT2D eigenvalue weighted by molar-refractivity contribution is 7.80. The lowest BCUT2D eigenvalue weighted by Crippen LogP contribution is -2.38. The Bertz CT molecular complexity index is 807. The van der Waals surface area contributed by atoms with Crippen LogP contribution in [0.2, 0.25) is 5.02 Å². The Morgan fingerprint density at radius 1 is 1.07 bits per heavy atom. The Balaban J connectivity index is 2.01. The third kappa shape index (κ3) is 8.09. The van der Waals surface area contributed by atoms with Crippen LogP contribution in [0.15, 0.2) is 42.5 Å². The van der Waals surface area contributed by atoms with E-state index in [0.29, 0.717) is 24.0 Å². The summed E-state index contributed by atoms with van der Waals surface area (Å²) in [6.07, 6.45) is 0.831. The molecule has 5 nitrogen and oxygen atoms in total. The van der Waals surface area contributed by atoms with Crippen LogP contribution in [0.5, 0.6) is 11.5 Å². The van der Waals surface area contributed by atoms with Crippen molar-refractivity contribution < 1.29 is 14.0 Å². The van der Waals surface area contributed by atoms with E-state index >= 15 is 0 Å². The van der Waals surface area contributed by atoms with E-state index in [9.17, 15) is 0 Å². The molecule has 0 spiro atoms. The van der Waals surface area contributed by atoms with Crippen LogP contribution >= 0.6 is 23.8 Å². The monoisotopic (exact) mass is 436 g/mol. The molecular formula is C22H31ClN3O2S+. The van der Waals surface area contributed by atoms with Gasteiger partial charge in [-0.1, -0.05) is 29.8 Å². The molecule has 0 fully saturated rings. The van der Waals surface area contributed by atoms with Crippen molar-refractivity contribution >= 4 is 28.9 Å². The molecule has 0 aliphatic carbocycles. The summed E-state index contributed by atoms with van der Waals surface area (Å²) in [6, 6.07) is 13.8. The van der Waals surface area contributed by atoms with E-state index in [2.05, 4.69) is 21.1 Å². The quantitative estimate of drug-likeness (QED) is 0.454. The molecule has 2 rings (SSSR count). The second kappa shape index (κ2) is 10.7. The maximum absolute atomic E-state index is 5.96. The molecule has 0 aromatic heterocycles. The fourth-order valence-electron chi connectivity index (χ4n) is 2.76. The predicted octanol–water partition coefficient (Wildman–Crippen LogP) is 3.72. The summed E-state index contributed by atoms with van der Waals surface area (Å²) in [5, 5.41) is 1.11. The smallest absolute Gasteiger partial charge is 0.166 e. The molecule has 2 aromatic carbocycles. The van der Waals surface area contributed by atoms with E-state index < -0.39 is 0 Å². The highest BCUT2D eigenvalue weighted by atomic mass is 35.5. The van der Waals surface area contributed by atoms with Crippen LogP contribution in [-0.2, 0) is 13.0 Å². The topological polar surface area (TPSA) is 47.7 Å². The Labute approximate surface area is 184 Å². The number of halogens is 1. The van der Waals surface area contributed by atoms with Gasteiger partial charge in [0, 0.05) is 18.1 Å². The number of thiocarbonyl (C=S) groups is 1. The molecule has 0 radical (unpaired) electrons. The van der Waals surface area contributed by atoms with Crippen molar-refractivity contribution in [2.24, 2.45) is 5.73 Å². The molecular weight excluding hydrogens is 406 g/mol. The molecule has 2 aromatic rings. The molecule has 0 aliphatic heterocycles. The van der Waals surface area contributed by atoms with E-state index in [4.69, 9.17) is 39.0 Å². The average Bonchev–Trinajstić information content (AvgIpc) is 2.66. The number of ether oxygens (including phenoxy) is 2. The minimum absolute atomic E-state index is 0.376. The Kier molecular flexibility index (Phi) is 8.56. The molecule has 0 aliphatic rings. The van der Waals surface area contributed by atoms with Gasteiger partial charge in [-0.05, 0) is 54.0 Å². The maximum Gasteiger partial charge on any atom is 0.166 e. The highest BCUT2D eigenvalue weighted by Crippen LogP contribution is 2.28. The number of methoxy groups -OCH3 is 1. The summed E-state index contributed by atoms with van der Waals surface area (Å²) >= 11 is 11.2. The fourth-order valence-corrected chi connectivity index (χ4v) is 3.04. The van der Waals surface area contributed by atoms with Crippen LogP contribution in [0.4, 0.5) is 0 Å². The van der Waals surface area contributed by atoms with Gasteiger partial charge in [0.15, 0.2) is 16.6 Å². The molecule has 0 amide bonds. The normalized spacial score (nSPS) is 11.2. The van der Waals surface area contributed by atoms with E-state index in [1.165, 1.54) is 5.56 Å². The molecule has 0 unspecified atom stereocenters. The van der Waals surface area contributed by atoms with Gasteiger partial charge in [0.25, 0.3) is 0 Å². The lowest BCUT2D eigenvalue weighted by molar-refractivity contribution is -0.870. The Morgan fingerprint density at radius 2 is 1.72 bits per heavy atom. The average molecular weight is 437 g/mol. The van der Waals surface area contributed by atoms with Crippen LogP contribution < -0.4 is 15.2 Å². The number of benzene rings is 2. The van der Waals surface area contributed by atoms with Crippen LogP contribution in [0.25, 0.3) is 0 Å². The van der Waals surface area contributed by atoms with Crippen molar-refractivity contribution in [1.82, 2.24) is 4.90 Å². The first-order valence-corrected chi connectivity index (χ1v) is 10.4. The van der Waals surface area contributed by atoms with Crippen molar-refractivity contribution in [3.05, 3.63) is 58.6 Å². The van der Waals surface area contributed by atoms with Gasteiger partial charge in [-0.2, -0.15) is 0 Å². The second-order valence-electron chi connectivity index (χ2n) is 7.98. The third-order valence-corrected chi connectivity index (χ3v) is 5.03. The number of rotatable bonds is 10. The summed E-state index contributed by atoms with van der Waals surface area (Å²) in [6.45, 7) is 2.86. The first kappa shape index (κ1) is 23.3. The zero-order valence-electron chi connectivity index (χ0n) is 17.7. The standard InChI is InChI=1S/C22H30ClN3O2S/c1-26(2,3)13-14-28-20-10-7-18(15-21(20)27-4)16-25(22(24)29)12-11-17-5-8-19(23)9-6-17/h5-10,15H,11-14,16H2,1-4H3,(H-,24,29)/p+1. The number of hydrogen-bond donors (Lipinski definition) is 1. The van der Waals surface area contributed by atoms with Crippen LogP contribution in [0.1, 0.15) is 11.1 Å². The van der Waals surface area contributed by atoms with Crippen molar-refractivity contribution in [2.75, 3.05) is 47.9 Å². The minimum Gasteiger partial charge on any atom is -0.493 e. The van der Waals surface area contributed by atoms with Crippen molar-refractivity contribution in [3.63, 3.8) is 0 Å². The maximum atomic E-state index is 5.96. The second-order valence-corrected chi connectivity index (χ2v) is 8.84. The summed E-state index contributed by atoms with van der Waals surface area (Å²) in [5.74, 6) is 1.46. The number of likely N-dealkylation sites (N-methyl/N-ethyl adjacent to an activating group) is 1. The molecule has 0 bridgehead atoms. The van der Waals surface area contributed by atoms with Crippen LogP contribution in [0.3, 0.4) is 0 Å². The van der Waals surface area contributed by atoms with E-state index in [1.807, 2.05) is 47.4 Å². The zero-order valence-corrected chi connectivity index (χ0v) is 19.2. The summed E-state index contributed by atoms with van der Waals surface area (Å²) in [4.78, 5) is 1.98.